The molecule has 2 N–H and O–H groups in total. The number of ether oxygens (including phenoxy) is 1. The molecule has 0 saturated carbocycles. The van der Waals surface area contributed by atoms with E-state index in [9.17, 15) is 9.59 Å². The zero-order chi connectivity index (χ0) is 19.8. The van der Waals surface area contributed by atoms with Gasteiger partial charge in [0.25, 0.3) is 11.8 Å². The molecule has 6 nitrogen and oxygen atoms in total. The van der Waals surface area contributed by atoms with Crippen LogP contribution in [0.25, 0.3) is 22.2 Å². The summed E-state index contributed by atoms with van der Waals surface area (Å²) in [6.07, 6.45) is 1.43. The van der Waals surface area contributed by atoms with E-state index >= 15 is 0 Å². The Morgan fingerprint density at radius 3 is 2.61 bits per heavy atom. The Labute approximate surface area is 165 Å². The number of benzene rings is 2. The number of primary amides is 1. The van der Waals surface area contributed by atoms with Crippen LogP contribution in [0.15, 0.2) is 65.2 Å². The minimum Gasteiger partial charge on any atom is -0.495 e. The van der Waals surface area contributed by atoms with E-state index in [0.29, 0.717) is 33.0 Å². The van der Waals surface area contributed by atoms with E-state index in [1.54, 1.807) is 54.6 Å². The van der Waals surface area contributed by atoms with Crippen molar-refractivity contribution in [3.8, 4) is 17.1 Å². The minimum atomic E-state index is -0.601. The van der Waals surface area contributed by atoms with Gasteiger partial charge in [0, 0.05) is 17.1 Å². The Morgan fingerprint density at radius 1 is 1.11 bits per heavy atom. The van der Waals surface area contributed by atoms with Crippen molar-refractivity contribution in [1.29, 1.82) is 0 Å². The lowest BCUT2D eigenvalue weighted by Crippen LogP contribution is -2.12. The molecule has 0 saturated heterocycles. The number of aromatic nitrogens is 1. The first-order valence-electron chi connectivity index (χ1n) is 8.38. The van der Waals surface area contributed by atoms with Gasteiger partial charge < -0.3 is 14.9 Å². The van der Waals surface area contributed by atoms with Gasteiger partial charge in [0.15, 0.2) is 5.76 Å². The molecule has 0 fully saturated rings. The Balaban J connectivity index is 1.74. The van der Waals surface area contributed by atoms with Crippen molar-refractivity contribution in [2.75, 3.05) is 7.11 Å². The van der Waals surface area contributed by atoms with E-state index in [-0.39, 0.29) is 11.3 Å². The first kappa shape index (κ1) is 17.9. The van der Waals surface area contributed by atoms with Gasteiger partial charge >= 0.3 is 0 Å². The molecule has 1 amide bonds. The highest BCUT2D eigenvalue weighted by atomic mass is 35.5. The number of hydrogen-bond donors (Lipinski definition) is 1. The summed E-state index contributed by atoms with van der Waals surface area (Å²) in [6.45, 7) is 0. The standard InChI is InChI=1S/C21H15ClN2O4/c1-27-18-7-6-12(10-15(18)22)17-8-9-19(28-17)21(26)24-11-14(20(23)25)13-4-2-3-5-16(13)24/h2-11H,1H3,(H2,23,25). The number of para-hydroxylation sites is 1. The van der Waals surface area contributed by atoms with Crippen LogP contribution in [0.4, 0.5) is 0 Å². The molecule has 0 spiro atoms. The summed E-state index contributed by atoms with van der Waals surface area (Å²) in [4.78, 5) is 24.7. The maximum Gasteiger partial charge on any atom is 0.298 e. The van der Waals surface area contributed by atoms with E-state index < -0.39 is 11.8 Å². The van der Waals surface area contributed by atoms with Crippen LogP contribution in [0.1, 0.15) is 20.9 Å². The first-order chi connectivity index (χ1) is 13.5. The van der Waals surface area contributed by atoms with Crippen molar-refractivity contribution in [3.05, 3.63) is 77.1 Å². The Hall–Kier alpha value is -3.51. The van der Waals surface area contributed by atoms with Gasteiger partial charge in [0.1, 0.15) is 11.5 Å². The molecular formula is C21H15ClN2O4. The normalized spacial score (nSPS) is 10.9. The van der Waals surface area contributed by atoms with Gasteiger partial charge in [-0.1, -0.05) is 29.8 Å². The molecule has 2 heterocycles. The predicted molar refractivity (Wildman–Crippen MR) is 106 cm³/mol. The number of methoxy groups -OCH3 is 1. The van der Waals surface area contributed by atoms with Crippen molar-refractivity contribution in [1.82, 2.24) is 4.57 Å². The molecule has 0 atom stereocenters. The predicted octanol–water partition coefficient (Wildman–Crippen LogP) is 4.35. The monoisotopic (exact) mass is 394 g/mol. The number of nitrogens with two attached hydrogens (primary N) is 1. The van der Waals surface area contributed by atoms with Gasteiger partial charge in [-0.15, -0.1) is 0 Å². The average Bonchev–Trinajstić information content (AvgIpc) is 3.33. The highest BCUT2D eigenvalue weighted by Gasteiger charge is 2.20. The fraction of sp³-hybridized carbons (Fsp3) is 0.0476. The SMILES string of the molecule is COc1ccc(-c2ccc(C(=O)n3cc(C(N)=O)c4ccccc43)o2)cc1Cl. The molecule has 4 rings (SSSR count). The van der Waals surface area contributed by atoms with E-state index in [2.05, 4.69) is 0 Å². The number of nitrogens with zero attached hydrogens (tertiary/aromatic N) is 1. The van der Waals surface area contributed by atoms with Gasteiger partial charge in [-0.25, -0.2) is 0 Å². The summed E-state index contributed by atoms with van der Waals surface area (Å²) in [6, 6.07) is 15.5. The number of furan rings is 1. The smallest absolute Gasteiger partial charge is 0.298 e. The van der Waals surface area contributed by atoms with Gasteiger partial charge in [0.05, 0.1) is 23.2 Å². The molecule has 7 heteroatoms. The van der Waals surface area contributed by atoms with E-state index in [1.807, 2.05) is 0 Å². The van der Waals surface area contributed by atoms with Gasteiger partial charge in [-0.05, 0) is 36.4 Å². The van der Waals surface area contributed by atoms with Crippen molar-refractivity contribution in [2.24, 2.45) is 5.73 Å². The zero-order valence-corrected chi connectivity index (χ0v) is 15.6. The van der Waals surface area contributed by atoms with E-state index in [0.717, 1.165) is 0 Å². The lowest BCUT2D eigenvalue weighted by molar-refractivity contribution is 0.0938. The van der Waals surface area contributed by atoms with Crippen LogP contribution in [-0.4, -0.2) is 23.5 Å². The highest BCUT2D eigenvalue weighted by Crippen LogP contribution is 2.31. The molecule has 0 bridgehead atoms. The maximum atomic E-state index is 13.0. The van der Waals surface area contributed by atoms with Crippen molar-refractivity contribution >= 4 is 34.3 Å². The summed E-state index contributed by atoms with van der Waals surface area (Å²) in [5.74, 6) is 0.148. The third kappa shape index (κ3) is 2.93. The lowest BCUT2D eigenvalue weighted by Gasteiger charge is -2.04. The third-order valence-corrected chi connectivity index (χ3v) is 4.74. The van der Waals surface area contributed by atoms with Crippen LogP contribution in [0.2, 0.25) is 5.02 Å². The van der Waals surface area contributed by atoms with Crippen molar-refractivity contribution in [3.63, 3.8) is 0 Å². The number of fused-ring (bicyclic) bond motifs is 1. The van der Waals surface area contributed by atoms with Crippen LogP contribution < -0.4 is 10.5 Å². The van der Waals surface area contributed by atoms with Crippen LogP contribution in [0.5, 0.6) is 5.75 Å². The van der Waals surface area contributed by atoms with Crippen LogP contribution in [0.3, 0.4) is 0 Å². The fourth-order valence-electron chi connectivity index (χ4n) is 3.09. The minimum absolute atomic E-state index is 0.124. The summed E-state index contributed by atoms with van der Waals surface area (Å²) < 4.78 is 12.2. The van der Waals surface area contributed by atoms with Crippen LogP contribution >= 0.6 is 11.6 Å². The van der Waals surface area contributed by atoms with Crippen LogP contribution in [0, 0.1) is 0 Å². The maximum absolute atomic E-state index is 13.0. The summed E-state index contributed by atoms with van der Waals surface area (Å²) in [7, 11) is 1.53. The lowest BCUT2D eigenvalue weighted by atomic mass is 10.1. The number of rotatable bonds is 4. The molecule has 0 aliphatic carbocycles. The number of carbonyl (C=O) groups is 2. The quantitative estimate of drug-likeness (QED) is 0.557. The van der Waals surface area contributed by atoms with Crippen LogP contribution in [-0.2, 0) is 0 Å². The van der Waals surface area contributed by atoms with Crippen molar-refractivity contribution in [2.45, 2.75) is 0 Å². The molecule has 28 heavy (non-hydrogen) atoms. The largest absolute Gasteiger partial charge is 0.495 e. The molecule has 4 aromatic rings. The highest BCUT2D eigenvalue weighted by molar-refractivity contribution is 6.32. The number of carbonyl (C=O) groups excluding carboxylic acids is 2. The molecule has 0 unspecified atom stereocenters. The molecule has 0 aliphatic heterocycles. The summed E-state index contributed by atoms with van der Waals surface area (Å²) in [5.41, 5.74) is 7.00. The molecule has 2 aromatic carbocycles. The average molecular weight is 395 g/mol. The van der Waals surface area contributed by atoms with Gasteiger partial charge in [-0.3, -0.25) is 14.2 Å². The number of amides is 1. The second kappa shape index (κ2) is 6.90. The Morgan fingerprint density at radius 2 is 1.89 bits per heavy atom. The third-order valence-electron chi connectivity index (χ3n) is 4.45. The topological polar surface area (TPSA) is 87.5 Å². The molecule has 2 aromatic heterocycles. The first-order valence-corrected chi connectivity index (χ1v) is 8.75. The second-order valence-electron chi connectivity index (χ2n) is 6.11. The van der Waals surface area contributed by atoms with Gasteiger partial charge in [0.2, 0.25) is 0 Å². The fourth-order valence-corrected chi connectivity index (χ4v) is 3.35. The second-order valence-corrected chi connectivity index (χ2v) is 6.52. The summed E-state index contributed by atoms with van der Waals surface area (Å²) >= 11 is 6.16. The van der Waals surface area contributed by atoms with E-state index in [4.69, 9.17) is 26.5 Å². The van der Waals surface area contributed by atoms with E-state index in [1.165, 1.54) is 17.9 Å². The Kier molecular flexibility index (Phi) is 4.41. The van der Waals surface area contributed by atoms with Gasteiger partial charge in [-0.2, -0.15) is 0 Å². The summed E-state index contributed by atoms with van der Waals surface area (Å²) in [5, 5.41) is 1.05. The number of halogens is 1. The molecule has 140 valence electrons. The van der Waals surface area contributed by atoms with Crippen molar-refractivity contribution < 1.29 is 18.7 Å². The Bertz CT molecular complexity index is 1220. The molecule has 0 radical (unpaired) electrons. The zero-order valence-electron chi connectivity index (χ0n) is 14.8. The number of hydrogen-bond acceptors (Lipinski definition) is 4. The molecular weight excluding hydrogens is 380 g/mol. The molecule has 0 aliphatic rings.